The van der Waals surface area contributed by atoms with Crippen LogP contribution < -0.4 is 4.74 Å². The zero-order valence-electron chi connectivity index (χ0n) is 11.4. The Morgan fingerprint density at radius 2 is 2.05 bits per heavy atom. The Hall–Kier alpha value is -1.58. The van der Waals surface area contributed by atoms with Gasteiger partial charge in [0.25, 0.3) is 0 Å². The van der Waals surface area contributed by atoms with E-state index >= 15 is 0 Å². The molecule has 4 heteroatoms. The first-order valence-electron chi connectivity index (χ1n) is 6.33. The van der Waals surface area contributed by atoms with Crippen molar-refractivity contribution in [1.29, 1.82) is 0 Å². The predicted molar refractivity (Wildman–Crippen MR) is 77.6 cm³/mol. The average Bonchev–Trinajstić information content (AvgIpc) is 2.37. The maximum atomic E-state index is 13.7. The molecule has 1 atom stereocenters. The second-order valence-electron chi connectivity index (χ2n) is 4.71. The van der Waals surface area contributed by atoms with Gasteiger partial charge in [-0.15, -0.1) is 0 Å². The molecule has 0 aliphatic heterocycles. The zero-order chi connectivity index (χ0) is 14.7. The lowest BCUT2D eigenvalue weighted by Crippen LogP contribution is -2.03. The third-order valence-electron chi connectivity index (χ3n) is 3.05. The maximum absolute atomic E-state index is 13.7. The van der Waals surface area contributed by atoms with Crippen molar-refractivity contribution in [2.24, 2.45) is 0 Å². The number of ether oxygens (including phenoxy) is 1. The molecule has 0 heterocycles. The molecular formula is C16H16ClFO2. The number of halogens is 2. The molecule has 0 amide bonds. The molecule has 0 spiro atoms. The first kappa shape index (κ1) is 14.8. The van der Waals surface area contributed by atoms with Crippen LogP contribution in [0.1, 0.15) is 29.7 Å². The van der Waals surface area contributed by atoms with Gasteiger partial charge in [-0.05, 0) is 37.6 Å². The fourth-order valence-corrected chi connectivity index (χ4v) is 2.15. The molecule has 1 N–H and O–H groups in total. The quantitative estimate of drug-likeness (QED) is 0.904. The van der Waals surface area contributed by atoms with E-state index in [1.54, 1.807) is 25.1 Å². The van der Waals surface area contributed by atoms with Crippen LogP contribution in [0, 0.1) is 12.7 Å². The Kier molecular flexibility index (Phi) is 4.63. The standard InChI is InChI=1S/C16H16ClFO2/c1-10-6-7-12(11(2)19)16(8-10)20-9-13-14(17)4-3-5-15(13)18/h3-8,11,19H,9H2,1-2H3/t11-/m0/s1. The molecule has 0 radical (unpaired) electrons. The third kappa shape index (κ3) is 3.30. The van der Waals surface area contributed by atoms with E-state index < -0.39 is 11.9 Å². The molecule has 0 saturated carbocycles. The van der Waals surface area contributed by atoms with Gasteiger partial charge in [0.05, 0.1) is 11.1 Å². The van der Waals surface area contributed by atoms with Gasteiger partial charge in [-0.25, -0.2) is 4.39 Å². The van der Waals surface area contributed by atoms with Crippen LogP contribution in [0.25, 0.3) is 0 Å². The summed E-state index contributed by atoms with van der Waals surface area (Å²) in [4.78, 5) is 0. The molecule has 0 aliphatic carbocycles. The lowest BCUT2D eigenvalue weighted by Gasteiger charge is -2.15. The second kappa shape index (κ2) is 6.25. The van der Waals surface area contributed by atoms with E-state index in [4.69, 9.17) is 16.3 Å². The van der Waals surface area contributed by atoms with Gasteiger partial charge in [-0.2, -0.15) is 0 Å². The number of hydrogen-bond donors (Lipinski definition) is 1. The van der Waals surface area contributed by atoms with Gasteiger partial charge in [0.15, 0.2) is 0 Å². The van der Waals surface area contributed by atoms with Crippen LogP contribution >= 0.6 is 11.6 Å². The van der Waals surface area contributed by atoms with E-state index in [-0.39, 0.29) is 6.61 Å². The fraction of sp³-hybridized carbons (Fsp3) is 0.250. The third-order valence-corrected chi connectivity index (χ3v) is 3.41. The van der Waals surface area contributed by atoms with Crippen molar-refractivity contribution in [3.63, 3.8) is 0 Å². The first-order chi connectivity index (χ1) is 9.49. The van der Waals surface area contributed by atoms with Crippen molar-refractivity contribution in [2.75, 3.05) is 0 Å². The van der Waals surface area contributed by atoms with E-state index in [2.05, 4.69) is 0 Å². The summed E-state index contributed by atoms with van der Waals surface area (Å²) >= 11 is 5.96. The summed E-state index contributed by atoms with van der Waals surface area (Å²) in [7, 11) is 0. The molecular weight excluding hydrogens is 279 g/mol. The molecule has 0 bridgehead atoms. The van der Waals surface area contributed by atoms with E-state index in [0.29, 0.717) is 21.9 Å². The number of hydrogen-bond acceptors (Lipinski definition) is 2. The Morgan fingerprint density at radius 1 is 1.30 bits per heavy atom. The van der Waals surface area contributed by atoms with Gasteiger partial charge < -0.3 is 9.84 Å². The molecule has 0 fully saturated rings. The largest absolute Gasteiger partial charge is 0.488 e. The lowest BCUT2D eigenvalue weighted by molar-refractivity contribution is 0.190. The summed E-state index contributed by atoms with van der Waals surface area (Å²) in [5, 5.41) is 10.1. The molecule has 106 valence electrons. The van der Waals surface area contributed by atoms with Crippen molar-refractivity contribution in [2.45, 2.75) is 26.6 Å². The first-order valence-corrected chi connectivity index (χ1v) is 6.71. The highest BCUT2D eigenvalue weighted by Crippen LogP contribution is 2.28. The van der Waals surface area contributed by atoms with E-state index in [0.717, 1.165) is 5.56 Å². The highest BCUT2D eigenvalue weighted by atomic mass is 35.5. The van der Waals surface area contributed by atoms with Crippen molar-refractivity contribution in [3.05, 3.63) is 63.9 Å². The highest BCUT2D eigenvalue weighted by molar-refractivity contribution is 6.31. The fourth-order valence-electron chi connectivity index (χ4n) is 1.93. The Balaban J connectivity index is 2.25. The molecule has 0 aromatic heterocycles. The molecule has 2 nitrogen and oxygen atoms in total. The van der Waals surface area contributed by atoms with Gasteiger partial charge in [-0.1, -0.05) is 29.8 Å². The SMILES string of the molecule is Cc1ccc([C@H](C)O)c(OCc2c(F)cccc2Cl)c1. The number of benzene rings is 2. The number of aliphatic hydroxyl groups is 1. The average molecular weight is 295 g/mol. The van der Waals surface area contributed by atoms with Gasteiger partial charge >= 0.3 is 0 Å². The minimum absolute atomic E-state index is 0.0225. The number of aryl methyl sites for hydroxylation is 1. The molecule has 2 aromatic carbocycles. The van der Waals surface area contributed by atoms with Gasteiger partial charge in [0.1, 0.15) is 18.2 Å². The van der Waals surface area contributed by atoms with E-state index in [1.807, 2.05) is 19.1 Å². The highest BCUT2D eigenvalue weighted by Gasteiger charge is 2.12. The Bertz CT molecular complexity index is 591. The minimum Gasteiger partial charge on any atom is -0.488 e. The van der Waals surface area contributed by atoms with Crippen LogP contribution in [0.2, 0.25) is 5.02 Å². The van der Waals surface area contributed by atoms with Crippen LogP contribution in [-0.4, -0.2) is 5.11 Å². The monoisotopic (exact) mass is 294 g/mol. The van der Waals surface area contributed by atoms with Gasteiger partial charge in [-0.3, -0.25) is 0 Å². The molecule has 2 aromatic rings. The lowest BCUT2D eigenvalue weighted by atomic mass is 10.1. The molecule has 2 rings (SSSR count). The molecule has 0 aliphatic rings. The Morgan fingerprint density at radius 3 is 2.70 bits per heavy atom. The second-order valence-corrected chi connectivity index (χ2v) is 5.11. The van der Waals surface area contributed by atoms with Crippen LogP contribution in [0.15, 0.2) is 36.4 Å². The molecule has 20 heavy (non-hydrogen) atoms. The van der Waals surface area contributed by atoms with Gasteiger partial charge in [0, 0.05) is 11.1 Å². The topological polar surface area (TPSA) is 29.5 Å². The van der Waals surface area contributed by atoms with Crippen LogP contribution in [-0.2, 0) is 6.61 Å². The minimum atomic E-state index is -0.651. The van der Waals surface area contributed by atoms with Gasteiger partial charge in [0.2, 0.25) is 0 Å². The maximum Gasteiger partial charge on any atom is 0.131 e. The summed E-state index contributed by atoms with van der Waals surface area (Å²) < 4.78 is 19.3. The van der Waals surface area contributed by atoms with E-state index in [1.165, 1.54) is 6.07 Å². The van der Waals surface area contributed by atoms with Crippen LogP contribution in [0.3, 0.4) is 0 Å². The summed E-state index contributed by atoms with van der Waals surface area (Å²) in [5.74, 6) is 0.142. The summed E-state index contributed by atoms with van der Waals surface area (Å²) in [6.07, 6.45) is -0.651. The zero-order valence-corrected chi connectivity index (χ0v) is 12.1. The smallest absolute Gasteiger partial charge is 0.131 e. The number of aliphatic hydroxyl groups excluding tert-OH is 1. The van der Waals surface area contributed by atoms with Crippen LogP contribution in [0.5, 0.6) is 5.75 Å². The van der Waals surface area contributed by atoms with Crippen LogP contribution in [0.4, 0.5) is 4.39 Å². The Labute approximate surface area is 122 Å². The summed E-state index contributed by atoms with van der Waals surface area (Å²) in [6.45, 7) is 3.61. The normalized spacial score (nSPS) is 12.2. The molecule has 0 unspecified atom stereocenters. The van der Waals surface area contributed by atoms with Crippen molar-refractivity contribution >= 4 is 11.6 Å². The summed E-state index contributed by atoms with van der Waals surface area (Å²) in [6, 6.07) is 10.0. The van der Waals surface area contributed by atoms with Crippen molar-refractivity contribution in [3.8, 4) is 5.75 Å². The van der Waals surface area contributed by atoms with Crippen molar-refractivity contribution < 1.29 is 14.2 Å². The summed E-state index contributed by atoms with van der Waals surface area (Å²) in [5.41, 5.74) is 1.99. The molecule has 0 saturated heterocycles. The van der Waals surface area contributed by atoms with E-state index in [9.17, 15) is 9.50 Å². The predicted octanol–water partition coefficient (Wildman–Crippen LogP) is 4.42. The van der Waals surface area contributed by atoms with Crippen molar-refractivity contribution in [1.82, 2.24) is 0 Å². The number of rotatable bonds is 4.